The number of anilines is 1. The van der Waals surface area contributed by atoms with E-state index in [2.05, 4.69) is 57.5 Å². The summed E-state index contributed by atoms with van der Waals surface area (Å²) in [5.41, 5.74) is 4.91. The molecule has 1 amide bonds. The van der Waals surface area contributed by atoms with Crippen molar-refractivity contribution in [1.29, 1.82) is 0 Å². The number of benzene rings is 3. The predicted molar refractivity (Wildman–Crippen MR) is 136 cm³/mol. The van der Waals surface area contributed by atoms with E-state index >= 15 is 0 Å². The molecule has 4 rings (SSSR count). The Balaban J connectivity index is 1.49. The summed E-state index contributed by atoms with van der Waals surface area (Å²) in [6, 6.07) is 20.8. The fraction of sp³-hybridized carbons (Fsp3) is 0.160. The fourth-order valence-corrected chi connectivity index (χ4v) is 3.75. The number of nitrogens with zero attached hydrogens (tertiary/aromatic N) is 1. The number of carbonyl (C=O) groups excluding carboxylic acids is 1. The molecular weight excluding hydrogens is 486 g/mol. The lowest BCUT2D eigenvalue weighted by Crippen LogP contribution is -2.34. The number of rotatable bonds is 5. The zero-order chi connectivity index (χ0) is 22.7. The van der Waals surface area contributed by atoms with Gasteiger partial charge in [0.15, 0.2) is 10.7 Å². The number of nitrogens with one attached hydrogen (secondary N) is 2. The normalized spacial score (nSPS) is 11.8. The number of oxazole rings is 1. The first-order chi connectivity index (χ1) is 15.4. The molecule has 1 aromatic heterocycles. The van der Waals surface area contributed by atoms with Crippen LogP contribution in [0.2, 0.25) is 0 Å². The van der Waals surface area contributed by atoms with E-state index in [1.54, 1.807) is 24.3 Å². The SMILES string of the molecule is CC[C@@H](C)c1ccc2oc(-c3cccc(NC(=S)NC(=O)c4ccc(Br)cc4)c3)nc2c1. The average molecular weight is 508 g/mol. The third-order valence-corrected chi connectivity index (χ3v) is 6.03. The monoisotopic (exact) mass is 507 g/mol. The lowest BCUT2D eigenvalue weighted by Gasteiger charge is -2.10. The van der Waals surface area contributed by atoms with Crippen molar-refractivity contribution in [3.63, 3.8) is 0 Å². The van der Waals surface area contributed by atoms with Gasteiger partial charge < -0.3 is 9.73 Å². The highest BCUT2D eigenvalue weighted by Crippen LogP contribution is 2.29. The van der Waals surface area contributed by atoms with Crippen molar-refractivity contribution in [1.82, 2.24) is 10.3 Å². The number of hydrogen-bond donors (Lipinski definition) is 2. The van der Waals surface area contributed by atoms with Crippen LogP contribution in [0.5, 0.6) is 0 Å². The van der Waals surface area contributed by atoms with Gasteiger partial charge >= 0.3 is 0 Å². The molecule has 32 heavy (non-hydrogen) atoms. The molecular formula is C25H22BrN3O2S. The average Bonchev–Trinajstić information content (AvgIpc) is 3.22. The maximum absolute atomic E-state index is 12.4. The molecule has 1 heterocycles. The van der Waals surface area contributed by atoms with Crippen LogP contribution < -0.4 is 10.6 Å². The molecule has 0 unspecified atom stereocenters. The van der Waals surface area contributed by atoms with Gasteiger partial charge in [0.1, 0.15) is 5.52 Å². The van der Waals surface area contributed by atoms with E-state index in [1.165, 1.54) is 5.56 Å². The Morgan fingerprint density at radius 3 is 2.66 bits per heavy atom. The number of amides is 1. The van der Waals surface area contributed by atoms with E-state index in [0.29, 0.717) is 17.4 Å². The number of aromatic nitrogens is 1. The molecule has 0 saturated heterocycles. The first-order valence-corrected chi connectivity index (χ1v) is 11.5. The Morgan fingerprint density at radius 2 is 1.91 bits per heavy atom. The summed E-state index contributed by atoms with van der Waals surface area (Å²) < 4.78 is 6.87. The van der Waals surface area contributed by atoms with E-state index < -0.39 is 0 Å². The molecule has 3 aromatic carbocycles. The number of halogens is 1. The third-order valence-electron chi connectivity index (χ3n) is 5.29. The lowest BCUT2D eigenvalue weighted by molar-refractivity contribution is 0.0977. The van der Waals surface area contributed by atoms with Crippen molar-refractivity contribution in [3.8, 4) is 11.5 Å². The second-order valence-corrected chi connectivity index (χ2v) is 8.88. The van der Waals surface area contributed by atoms with Crippen LogP contribution in [0.3, 0.4) is 0 Å². The molecule has 0 aliphatic heterocycles. The van der Waals surface area contributed by atoms with Crippen molar-refractivity contribution in [2.24, 2.45) is 0 Å². The smallest absolute Gasteiger partial charge is 0.257 e. The summed E-state index contributed by atoms with van der Waals surface area (Å²) in [6.07, 6.45) is 1.07. The van der Waals surface area contributed by atoms with Gasteiger partial charge in [-0.1, -0.05) is 41.9 Å². The molecule has 7 heteroatoms. The summed E-state index contributed by atoms with van der Waals surface area (Å²) in [4.78, 5) is 17.0. The second kappa shape index (κ2) is 9.63. The maximum Gasteiger partial charge on any atom is 0.257 e. The Labute approximate surface area is 200 Å². The minimum atomic E-state index is -0.276. The number of thiocarbonyl (C=S) groups is 1. The summed E-state index contributed by atoms with van der Waals surface area (Å²) in [6.45, 7) is 4.38. The third kappa shape index (κ3) is 5.06. The highest BCUT2D eigenvalue weighted by atomic mass is 79.9. The van der Waals surface area contributed by atoms with Gasteiger partial charge in [0.25, 0.3) is 5.91 Å². The zero-order valence-electron chi connectivity index (χ0n) is 17.7. The zero-order valence-corrected chi connectivity index (χ0v) is 20.1. The number of hydrogen-bond acceptors (Lipinski definition) is 4. The van der Waals surface area contributed by atoms with Gasteiger partial charge in [0.2, 0.25) is 5.89 Å². The molecule has 162 valence electrons. The molecule has 0 radical (unpaired) electrons. The summed E-state index contributed by atoms with van der Waals surface area (Å²) in [5.74, 6) is 0.734. The molecule has 0 saturated carbocycles. The van der Waals surface area contributed by atoms with E-state index in [4.69, 9.17) is 16.6 Å². The van der Waals surface area contributed by atoms with Crippen LogP contribution in [-0.2, 0) is 0 Å². The van der Waals surface area contributed by atoms with E-state index in [-0.39, 0.29) is 11.0 Å². The number of carbonyl (C=O) groups is 1. The molecule has 0 fully saturated rings. The van der Waals surface area contributed by atoms with Crippen LogP contribution in [0, 0.1) is 0 Å². The molecule has 5 nitrogen and oxygen atoms in total. The topological polar surface area (TPSA) is 67.2 Å². The van der Waals surface area contributed by atoms with Gasteiger partial charge in [-0.15, -0.1) is 0 Å². The van der Waals surface area contributed by atoms with Gasteiger partial charge in [-0.3, -0.25) is 10.1 Å². The van der Waals surface area contributed by atoms with Crippen molar-refractivity contribution in [2.45, 2.75) is 26.2 Å². The highest BCUT2D eigenvalue weighted by Gasteiger charge is 2.12. The molecule has 0 aliphatic carbocycles. The lowest BCUT2D eigenvalue weighted by atomic mass is 9.98. The molecule has 0 bridgehead atoms. The van der Waals surface area contributed by atoms with Gasteiger partial charge in [-0.25, -0.2) is 4.98 Å². The Kier molecular flexibility index (Phi) is 6.67. The first-order valence-electron chi connectivity index (χ1n) is 10.3. The van der Waals surface area contributed by atoms with Crippen LogP contribution >= 0.6 is 28.1 Å². The second-order valence-electron chi connectivity index (χ2n) is 7.55. The largest absolute Gasteiger partial charge is 0.436 e. The van der Waals surface area contributed by atoms with Crippen LogP contribution in [0.4, 0.5) is 5.69 Å². The molecule has 0 aliphatic rings. The van der Waals surface area contributed by atoms with Crippen LogP contribution in [0.25, 0.3) is 22.6 Å². The Morgan fingerprint density at radius 1 is 1.12 bits per heavy atom. The van der Waals surface area contributed by atoms with Gasteiger partial charge in [-0.2, -0.15) is 0 Å². The minimum absolute atomic E-state index is 0.214. The van der Waals surface area contributed by atoms with E-state index in [1.807, 2.05) is 30.3 Å². The van der Waals surface area contributed by atoms with Gasteiger partial charge in [0, 0.05) is 21.3 Å². The first kappa shape index (κ1) is 22.2. The summed E-state index contributed by atoms with van der Waals surface area (Å²) in [7, 11) is 0. The van der Waals surface area contributed by atoms with Gasteiger partial charge in [-0.05, 0) is 84.7 Å². The fourth-order valence-electron chi connectivity index (χ4n) is 3.28. The predicted octanol–water partition coefficient (Wildman–Crippen LogP) is 6.90. The molecule has 1 atom stereocenters. The van der Waals surface area contributed by atoms with Crippen molar-refractivity contribution >= 4 is 56.0 Å². The minimum Gasteiger partial charge on any atom is -0.436 e. The van der Waals surface area contributed by atoms with Crippen LogP contribution in [-0.4, -0.2) is 16.0 Å². The van der Waals surface area contributed by atoms with Crippen molar-refractivity contribution < 1.29 is 9.21 Å². The van der Waals surface area contributed by atoms with E-state index in [9.17, 15) is 4.79 Å². The molecule has 4 aromatic rings. The Bertz CT molecular complexity index is 1280. The Hall–Kier alpha value is -3.03. The summed E-state index contributed by atoms with van der Waals surface area (Å²) >= 11 is 8.67. The highest BCUT2D eigenvalue weighted by molar-refractivity contribution is 9.10. The molecule has 0 spiro atoms. The van der Waals surface area contributed by atoms with Crippen LogP contribution in [0.15, 0.2) is 75.6 Å². The standard InChI is InChI=1S/C25H22BrN3O2S/c1-3-15(2)17-9-12-22-21(14-17)28-24(31-22)18-5-4-6-20(13-18)27-25(32)29-23(30)16-7-10-19(26)11-8-16/h4-15H,3H2,1-2H3,(H2,27,29,30,32)/t15-/m1/s1. The quantitative estimate of drug-likeness (QED) is 0.287. The summed E-state index contributed by atoms with van der Waals surface area (Å²) in [5, 5.41) is 5.96. The number of fused-ring (bicyclic) bond motifs is 1. The van der Waals surface area contributed by atoms with Crippen molar-refractivity contribution in [3.05, 3.63) is 82.3 Å². The van der Waals surface area contributed by atoms with Gasteiger partial charge in [0.05, 0.1) is 0 Å². The maximum atomic E-state index is 12.4. The van der Waals surface area contributed by atoms with Crippen LogP contribution in [0.1, 0.15) is 42.1 Å². The van der Waals surface area contributed by atoms with Crippen molar-refractivity contribution in [2.75, 3.05) is 5.32 Å². The molecule has 2 N–H and O–H groups in total. The van der Waals surface area contributed by atoms with E-state index in [0.717, 1.165) is 33.2 Å².